The second-order valence-corrected chi connectivity index (χ2v) is 5.80. The Morgan fingerprint density at radius 2 is 2.00 bits per heavy atom. The lowest BCUT2D eigenvalue weighted by Gasteiger charge is -2.19. The van der Waals surface area contributed by atoms with Crippen LogP contribution in [0, 0.1) is 0 Å². The molecule has 1 aromatic carbocycles. The summed E-state index contributed by atoms with van der Waals surface area (Å²) in [6.45, 7) is 5.64. The van der Waals surface area contributed by atoms with Gasteiger partial charge in [0.25, 0.3) is 0 Å². The van der Waals surface area contributed by atoms with Crippen LogP contribution in [0.5, 0.6) is 0 Å². The van der Waals surface area contributed by atoms with Gasteiger partial charge in [0.1, 0.15) is 4.88 Å². The molecule has 5 heteroatoms. The molecule has 0 saturated heterocycles. The Labute approximate surface area is 129 Å². The van der Waals surface area contributed by atoms with Crippen molar-refractivity contribution >= 4 is 22.4 Å². The minimum Gasteiger partial charge on any atom is -0.477 e. The van der Waals surface area contributed by atoms with E-state index in [4.69, 9.17) is 0 Å². The summed E-state index contributed by atoms with van der Waals surface area (Å²) in [5.41, 5.74) is 1.90. The Morgan fingerprint density at radius 1 is 1.29 bits per heavy atom. The number of benzene rings is 1. The van der Waals surface area contributed by atoms with Crippen LogP contribution >= 0.6 is 11.3 Å². The summed E-state index contributed by atoms with van der Waals surface area (Å²) in [4.78, 5) is 18.4. The third-order valence-corrected chi connectivity index (χ3v) is 4.38. The van der Waals surface area contributed by atoms with E-state index in [2.05, 4.69) is 28.9 Å². The van der Waals surface area contributed by atoms with Crippen molar-refractivity contribution in [3.63, 3.8) is 0 Å². The summed E-state index contributed by atoms with van der Waals surface area (Å²) >= 11 is 1.27. The van der Waals surface area contributed by atoms with Gasteiger partial charge in [-0.05, 0) is 18.9 Å². The number of carboxylic acids is 1. The number of aromatic carboxylic acids is 1. The number of hydrogen-bond acceptors (Lipinski definition) is 4. The Kier molecular flexibility index (Phi) is 5.33. The fraction of sp³-hybridized carbons (Fsp3) is 0.375. The highest BCUT2D eigenvalue weighted by atomic mass is 32.1. The zero-order chi connectivity index (χ0) is 15.2. The minimum atomic E-state index is -0.877. The van der Waals surface area contributed by atoms with Gasteiger partial charge in [0.2, 0.25) is 0 Å². The van der Waals surface area contributed by atoms with Crippen molar-refractivity contribution in [2.45, 2.75) is 33.2 Å². The van der Waals surface area contributed by atoms with Crippen LogP contribution in [0.3, 0.4) is 0 Å². The molecule has 0 aliphatic heterocycles. The van der Waals surface area contributed by atoms with E-state index in [1.54, 1.807) is 0 Å². The number of aryl methyl sites for hydroxylation is 1. The van der Waals surface area contributed by atoms with E-state index in [0.717, 1.165) is 24.6 Å². The number of rotatable bonds is 7. The van der Waals surface area contributed by atoms with E-state index >= 15 is 0 Å². The quantitative estimate of drug-likeness (QED) is 0.845. The van der Waals surface area contributed by atoms with Crippen molar-refractivity contribution < 1.29 is 9.90 Å². The summed E-state index contributed by atoms with van der Waals surface area (Å²) in [5.74, 6) is -0.877. The second kappa shape index (κ2) is 7.22. The fourth-order valence-corrected chi connectivity index (χ4v) is 3.18. The molecule has 2 rings (SSSR count). The van der Waals surface area contributed by atoms with Gasteiger partial charge in [0.15, 0.2) is 5.13 Å². The standard InChI is InChI=1S/C16H20N2O2S/c1-3-8-13-14(15(19)20)21-16(17-13)18(4-2)11-12-9-6-5-7-10-12/h5-7,9-10H,3-4,8,11H2,1-2H3,(H,19,20). The van der Waals surface area contributed by atoms with Crippen LogP contribution in [-0.2, 0) is 13.0 Å². The molecule has 0 fully saturated rings. The molecule has 112 valence electrons. The van der Waals surface area contributed by atoms with E-state index in [1.165, 1.54) is 16.9 Å². The molecule has 0 aliphatic rings. The molecule has 0 unspecified atom stereocenters. The van der Waals surface area contributed by atoms with Gasteiger partial charge in [-0.3, -0.25) is 0 Å². The zero-order valence-corrected chi connectivity index (χ0v) is 13.2. The van der Waals surface area contributed by atoms with E-state index < -0.39 is 5.97 Å². The number of nitrogens with zero attached hydrogens (tertiary/aromatic N) is 2. The van der Waals surface area contributed by atoms with Crippen LogP contribution in [0.25, 0.3) is 0 Å². The molecular weight excluding hydrogens is 284 g/mol. The summed E-state index contributed by atoms with van der Waals surface area (Å²) in [6.07, 6.45) is 1.61. The van der Waals surface area contributed by atoms with Crippen molar-refractivity contribution in [2.75, 3.05) is 11.4 Å². The molecule has 21 heavy (non-hydrogen) atoms. The molecule has 0 saturated carbocycles. The molecule has 1 heterocycles. The fourth-order valence-electron chi connectivity index (χ4n) is 2.17. The lowest BCUT2D eigenvalue weighted by molar-refractivity contribution is 0.0700. The molecule has 1 N–H and O–H groups in total. The summed E-state index contributed by atoms with van der Waals surface area (Å²) in [7, 11) is 0. The number of aromatic nitrogens is 1. The molecule has 0 bridgehead atoms. The highest BCUT2D eigenvalue weighted by Crippen LogP contribution is 2.28. The number of anilines is 1. The average molecular weight is 304 g/mol. The van der Waals surface area contributed by atoms with Gasteiger partial charge >= 0.3 is 5.97 Å². The lowest BCUT2D eigenvalue weighted by Crippen LogP contribution is -2.21. The Hall–Kier alpha value is -1.88. The Morgan fingerprint density at radius 3 is 2.57 bits per heavy atom. The first-order valence-electron chi connectivity index (χ1n) is 7.17. The van der Waals surface area contributed by atoms with Gasteiger partial charge in [-0.25, -0.2) is 9.78 Å². The summed E-state index contributed by atoms with van der Waals surface area (Å²) < 4.78 is 0. The third kappa shape index (κ3) is 3.82. The van der Waals surface area contributed by atoms with Gasteiger partial charge < -0.3 is 10.0 Å². The molecule has 1 aromatic heterocycles. The van der Waals surface area contributed by atoms with E-state index in [1.807, 2.05) is 25.1 Å². The number of carboxylic acid groups (broad SMARTS) is 1. The van der Waals surface area contributed by atoms with Crippen molar-refractivity contribution in [3.8, 4) is 0 Å². The van der Waals surface area contributed by atoms with Crippen molar-refractivity contribution in [1.29, 1.82) is 0 Å². The summed E-state index contributed by atoms with van der Waals surface area (Å²) in [5, 5.41) is 10.1. The first-order chi connectivity index (χ1) is 10.2. The van der Waals surface area contributed by atoms with Gasteiger partial charge in [-0.1, -0.05) is 55.0 Å². The van der Waals surface area contributed by atoms with E-state index in [0.29, 0.717) is 17.0 Å². The first-order valence-corrected chi connectivity index (χ1v) is 7.99. The van der Waals surface area contributed by atoms with Crippen LogP contribution in [-0.4, -0.2) is 22.6 Å². The minimum absolute atomic E-state index is 0.373. The molecule has 0 spiro atoms. The smallest absolute Gasteiger partial charge is 0.347 e. The average Bonchev–Trinajstić information content (AvgIpc) is 2.90. The van der Waals surface area contributed by atoms with Crippen LogP contribution in [0.4, 0.5) is 5.13 Å². The molecule has 2 aromatic rings. The van der Waals surface area contributed by atoms with Gasteiger partial charge in [-0.15, -0.1) is 0 Å². The molecule has 4 nitrogen and oxygen atoms in total. The second-order valence-electron chi connectivity index (χ2n) is 4.83. The maximum atomic E-state index is 11.3. The predicted molar refractivity (Wildman–Crippen MR) is 86.2 cm³/mol. The molecule has 0 amide bonds. The Balaban J connectivity index is 2.25. The largest absolute Gasteiger partial charge is 0.477 e. The SMILES string of the molecule is CCCc1nc(N(CC)Cc2ccccc2)sc1C(=O)O. The predicted octanol–water partition coefficient (Wildman–Crippen LogP) is 3.82. The van der Waals surface area contributed by atoms with Crippen molar-refractivity contribution in [2.24, 2.45) is 0 Å². The van der Waals surface area contributed by atoms with Gasteiger partial charge in [-0.2, -0.15) is 0 Å². The Bertz CT molecular complexity index is 596. The first kappa shape index (κ1) is 15.5. The van der Waals surface area contributed by atoms with Crippen LogP contribution < -0.4 is 4.90 Å². The van der Waals surface area contributed by atoms with Gasteiger partial charge in [0.05, 0.1) is 5.69 Å². The van der Waals surface area contributed by atoms with Crippen LogP contribution in [0.1, 0.15) is 41.2 Å². The van der Waals surface area contributed by atoms with Crippen molar-refractivity contribution in [3.05, 3.63) is 46.5 Å². The van der Waals surface area contributed by atoms with Crippen molar-refractivity contribution in [1.82, 2.24) is 4.98 Å². The normalized spacial score (nSPS) is 10.6. The zero-order valence-electron chi connectivity index (χ0n) is 12.4. The summed E-state index contributed by atoms with van der Waals surface area (Å²) in [6, 6.07) is 10.2. The molecule has 0 atom stereocenters. The lowest BCUT2D eigenvalue weighted by atomic mass is 10.2. The molecule has 0 radical (unpaired) electrons. The van der Waals surface area contributed by atoms with E-state index in [9.17, 15) is 9.90 Å². The number of thiazole rings is 1. The molecular formula is C16H20N2O2S. The molecule has 0 aliphatic carbocycles. The maximum absolute atomic E-state index is 11.3. The number of carbonyl (C=O) groups is 1. The topological polar surface area (TPSA) is 53.4 Å². The van der Waals surface area contributed by atoms with Crippen LogP contribution in [0.2, 0.25) is 0 Å². The third-order valence-electron chi connectivity index (χ3n) is 3.24. The monoisotopic (exact) mass is 304 g/mol. The van der Waals surface area contributed by atoms with E-state index in [-0.39, 0.29) is 0 Å². The highest BCUT2D eigenvalue weighted by molar-refractivity contribution is 7.17. The highest BCUT2D eigenvalue weighted by Gasteiger charge is 2.19. The number of hydrogen-bond donors (Lipinski definition) is 1. The van der Waals surface area contributed by atoms with Gasteiger partial charge in [0, 0.05) is 13.1 Å². The van der Waals surface area contributed by atoms with Crippen LogP contribution in [0.15, 0.2) is 30.3 Å². The maximum Gasteiger partial charge on any atom is 0.347 e.